The van der Waals surface area contributed by atoms with Crippen LogP contribution in [0.15, 0.2) is 18.6 Å². The Bertz CT molecular complexity index is 484. The number of hydrazine groups is 1. The number of aromatic nitrogens is 2. The van der Waals surface area contributed by atoms with Crippen molar-refractivity contribution in [2.45, 2.75) is 43.8 Å². The van der Waals surface area contributed by atoms with Crippen molar-refractivity contribution in [2.75, 3.05) is 13.2 Å². The molecule has 1 amide bonds. The molecule has 3 atom stereocenters. The fraction of sp³-hybridized carbons (Fsp3) is 0.643. The van der Waals surface area contributed by atoms with E-state index >= 15 is 0 Å². The molecule has 3 rings (SSSR count). The monoisotopic (exact) mass is 291 g/mol. The zero-order chi connectivity index (χ0) is 14.7. The molecule has 3 N–H and O–H groups in total. The van der Waals surface area contributed by atoms with Gasteiger partial charge in [0.2, 0.25) is 0 Å². The highest BCUT2D eigenvalue weighted by molar-refractivity contribution is 5.92. The summed E-state index contributed by atoms with van der Waals surface area (Å²) in [7, 11) is 0. The molecule has 0 radical (unpaired) electrons. The van der Waals surface area contributed by atoms with E-state index in [1.807, 2.05) is 4.90 Å². The first-order chi connectivity index (χ1) is 10.3. The molecule has 7 heteroatoms. The van der Waals surface area contributed by atoms with E-state index in [0.29, 0.717) is 5.69 Å². The second kappa shape index (κ2) is 6.46. The number of carbonyl (C=O) groups excluding carboxylic acids is 1. The largest absolute Gasteiger partial charge is 0.396 e. The number of aliphatic hydroxyl groups excluding tert-OH is 1. The molecule has 1 aromatic rings. The lowest BCUT2D eigenvalue weighted by Gasteiger charge is -2.28. The molecule has 7 nitrogen and oxygen atoms in total. The molecule has 2 saturated heterocycles. The quantitative estimate of drug-likeness (QED) is 0.705. The number of nitrogens with one attached hydrogen (secondary N) is 2. The lowest BCUT2D eigenvalue weighted by atomic mass is 9.99. The highest BCUT2D eigenvalue weighted by atomic mass is 16.3. The van der Waals surface area contributed by atoms with E-state index in [1.54, 1.807) is 12.4 Å². The van der Waals surface area contributed by atoms with E-state index in [-0.39, 0.29) is 30.6 Å². The van der Waals surface area contributed by atoms with Crippen molar-refractivity contribution in [3.63, 3.8) is 0 Å². The molecular weight excluding hydrogens is 270 g/mol. The van der Waals surface area contributed by atoms with Crippen molar-refractivity contribution in [1.29, 1.82) is 0 Å². The highest BCUT2D eigenvalue weighted by Gasteiger charge is 2.38. The van der Waals surface area contributed by atoms with Crippen molar-refractivity contribution in [2.24, 2.45) is 0 Å². The van der Waals surface area contributed by atoms with E-state index < -0.39 is 0 Å². The first-order valence-corrected chi connectivity index (χ1v) is 7.48. The summed E-state index contributed by atoms with van der Waals surface area (Å²) in [6, 6.07) is 0.675. The minimum atomic E-state index is -0.0435. The van der Waals surface area contributed by atoms with Gasteiger partial charge in [0.1, 0.15) is 5.69 Å². The minimum Gasteiger partial charge on any atom is -0.396 e. The van der Waals surface area contributed by atoms with E-state index in [1.165, 1.54) is 6.20 Å². The van der Waals surface area contributed by atoms with Crippen LogP contribution in [0.2, 0.25) is 0 Å². The van der Waals surface area contributed by atoms with Gasteiger partial charge in [-0.2, -0.15) is 0 Å². The van der Waals surface area contributed by atoms with Crippen LogP contribution in [0.3, 0.4) is 0 Å². The molecule has 21 heavy (non-hydrogen) atoms. The van der Waals surface area contributed by atoms with Crippen molar-refractivity contribution in [3.05, 3.63) is 24.3 Å². The normalized spacial score (nSPS) is 29.0. The summed E-state index contributed by atoms with van der Waals surface area (Å²) in [5, 5.41) is 9.02. The number of amides is 1. The van der Waals surface area contributed by atoms with Crippen LogP contribution >= 0.6 is 0 Å². The van der Waals surface area contributed by atoms with Crippen LogP contribution in [0.1, 0.15) is 36.2 Å². The third-order valence-corrected chi connectivity index (χ3v) is 4.30. The third kappa shape index (κ3) is 3.04. The number of carbonyl (C=O) groups is 1. The average molecular weight is 291 g/mol. The molecule has 3 heterocycles. The predicted octanol–water partition coefficient (Wildman–Crippen LogP) is -0.301. The van der Waals surface area contributed by atoms with Gasteiger partial charge in [0, 0.05) is 43.7 Å². The number of hydrogen-bond acceptors (Lipinski definition) is 6. The van der Waals surface area contributed by atoms with Crippen LogP contribution < -0.4 is 10.9 Å². The second-order valence-corrected chi connectivity index (χ2v) is 5.64. The Kier molecular flexibility index (Phi) is 4.42. The lowest BCUT2D eigenvalue weighted by molar-refractivity contribution is 0.0702. The first kappa shape index (κ1) is 14.4. The van der Waals surface area contributed by atoms with Gasteiger partial charge < -0.3 is 10.0 Å². The number of rotatable bonds is 4. The molecule has 114 valence electrons. The molecule has 0 aromatic carbocycles. The summed E-state index contributed by atoms with van der Waals surface area (Å²) in [6.07, 6.45) is 8.30. The van der Waals surface area contributed by atoms with Crippen molar-refractivity contribution >= 4 is 5.91 Å². The molecule has 0 aliphatic carbocycles. The zero-order valence-corrected chi connectivity index (χ0v) is 11.9. The maximum Gasteiger partial charge on any atom is 0.274 e. The van der Waals surface area contributed by atoms with Crippen LogP contribution in [-0.2, 0) is 0 Å². The standard InChI is InChI=1S/C14H21N5O2/c20-7-3-10-8-11(18-17-10)13-2-1-6-19(13)14(21)12-9-15-4-5-16-12/h4-5,9-11,13,17-18,20H,1-3,6-8H2. The Morgan fingerprint density at radius 1 is 1.43 bits per heavy atom. The van der Waals surface area contributed by atoms with Crippen LogP contribution in [0.25, 0.3) is 0 Å². The molecule has 0 saturated carbocycles. The fourth-order valence-corrected chi connectivity index (χ4v) is 3.27. The van der Waals surface area contributed by atoms with Gasteiger partial charge in [0.25, 0.3) is 5.91 Å². The lowest BCUT2D eigenvalue weighted by Crippen LogP contribution is -2.48. The van der Waals surface area contributed by atoms with Crippen LogP contribution in [0.4, 0.5) is 0 Å². The van der Waals surface area contributed by atoms with Gasteiger partial charge >= 0.3 is 0 Å². The fourth-order valence-electron chi connectivity index (χ4n) is 3.27. The van der Waals surface area contributed by atoms with Crippen molar-refractivity contribution < 1.29 is 9.90 Å². The summed E-state index contributed by atoms with van der Waals surface area (Å²) in [5.74, 6) is -0.0435. The SMILES string of the molecule is O=C(c1cnccn1)N1CCCC1C1CC(CCO)NN1. The summed E-state index contributed by atoms with van der Waals surface area (Å²) in [6.45, 7) is 0.946. The minimum absolute atomic E-state index is 0.0435. The Morgan fingerprint density at radius 2 is 2.33 bits per heavy atom. The van der Waals surface area contributed by atoms with Crippen molar-refractivity contribution in [1.82, 2.24) is 25.7 Å². The molecule has 2 aliphatic heterocycles. The summed E-state index contributed by atoms with van der Waals surface area (Å²) >= 11 is 0. The van der Waals surface area contributed by atoms with Gasteiger partial charge in [0.15, 0.2) is 0 Å². The van der Waals surface area contributed by atoms with Gasteiger partial charge in [-0.25, -0.2) is 4.98 Å². The molecular formula is C14H21N5O2. The van der Waals surface area contributed by atoms with Gasteiger partial charge in [-0.1, -0.05) is 0 Å². The van der Waals surface area contributed by atoms with Crippen LogP contribution in [0.5, 0.6) is 0 Å². The molecule has 1 aromatic heterocycles. The smallest absolute Gasteiger partial charge is 0.274 e. The van der Waals surface area contributed by atoms with Crippen molar-refractivity contribution in [3.8, 4) is 0 Å². The van der Waals surface area contributed by atoms with Crippen LogP contribution in [-0.4, -0.2) is 57.2 Å². The molecule has 0 bridgehead atoms. The van der Waals surface area contributed by atoms with Gasteiger partial charge in [0.05, 0.1) is 6.20 Å². The molecule has 2 fully saturated rings. The predicted molar refractivity (Wildman–Crippen MR) is 76.3 cm³/mol. The van der Waals surface area contributed by atoms with E-state index in [4.69, 9.17) is 5.11 Å². The van der Waals surface area contributed by atoms with Gasteiger partial charge in [-0.3, -0.25) is 20.6 Å². The zero-order valence-electron chi connectivity index (χ0n) is 11.9. The van der Waals surface area contributed by atoms with Gasteiger partial charge in [-0.15, -0.1) is 0 Å². The number of nitrogens with zero attached hydrogens (tertiary/aromatic N) is 3. The molecule has 2 aliphatic rings. The van der Waals surface area contributed by atoms with E-state index in [0.717, 1.165) is 32.2 Å². The summed E-state index contributed by atoms with van der Waals surface area (Å²) < 4.78 is 0. The second-order valence-electron chi connectivity index (χ2n) is 5.64. The Hall–Kier alpha value is -1.57. The van der Waals surface area contributed by atoms with E-state index in [9.17, 15) is 4.79 Å². The number of likely N-dealkylation sites (tertiary alicyclic amines) is 1. The summed E-state index contributed by atoms with van der Waals surface area (Å²) in [5.41, 5.74) is 6.89. The summed E-state index contributed by atoms with van der Waals surface area (Å²) in [4.78, 5) is 22.5. The first-order valence-electron chi connectivity index (χ1n) is 7.48. The van der Waals surface area contributed by atoms with E-state index in [2.05, 4.69) is 20.8 Å². The Labute approximate surface area is 123 Å². The maximum absolute atomic E-state index is 12.6. The number of hydrogen-bond donors (Lipinski definition) is 3. The maximum atomic E-state index is 12.6. The molecule has 3 unspecified atom stereocenters. The van der Waals surface area contributed by atoms with Gasteiger partial charge in [-0.05, 0) is 25.7 Å². The topological polar surface area (TPSA) is 90.4 Å². The third-order valence-electron chi connectivity index (χ3n) is 4.30. The number of aliphatic hydroxyl groups is 1. The molecule has 0 spiro atoms. The average Bonchev–Trinajstić information content (AvgIpc) is 3.16. The van der Waals surface area contributed by atoms with Crippen LogP contribution in [0, 0.1) is 0 Å². The Morgan fingerprint density at radius 3 is 3.10 bits per heavy atom. The Balaban J connectivity index is 1.67. The highest BCUT2D eigenvalue weighted by Crippen LogP contribution is 2.26.